The zero-order valence-electron chi connectivity index (χ0n) is 11.6. The van der Waals surface area contributed by atoms with Crippen molar-refractivity contribution >= 4 is 16.8 Å². The molecule has 2 rings (SSSR count). The van der Waals surface area contributed by atoms with Gasteiger partial charge in [-0.2, -0.15) is 0 Å². The number of aromatic nitrogens is 1. The molecule has 0 aliphatic rings. The first-order chi connectivity index (χ1) is 9.00. The lowest BCUT2D eigenvalue weighted by Gasteiger charge is -2.17. The van der Waals surface area contributed by atoms with Crippen molar-refractivity contribution in [2.75, 3.05) is 13.6 Å². The zero-order valence-corrected chi connectivity index (χ0v) is 11.6. The molecule has 102 valence electrons. The van der Waals surface area contributed by atoms with Gasteiger partial charge in [0.15, 0.2) is 0 Å². The quantitative estimate of drug-likeness (QED) is 0.914. The van der Waals surface area contributed by atoms with Crippen LogP contribution in [0.4, 0.5) is 0 Å². The van der Waals surface area contributed by atoms with Gasteiger partial charge in [0.25, 0.3) is 5.91 Å². The Hall–Kier alpha value is -1.81. The van der Waals surface area contributed by atoms with Crippen LogP contribution in [0.5, 0.6) is 0 Å². The average molecular weight is 260 g/mol. The predicted octanol–water partition coefficient (Wildman–Crippen LogP) is 2.02. The van der Waals surface area contributed by atoms with E-state index in [0.717, 1.165) is 10.9 Å². The first-order valence-electron chi connectivity index (χ1n) is 6.48. The molecule has 0 aliphatic heterocycles. The van der Waals surface area contributed by atoms with E-state index in [1.165, 1.54) is 0 Å². The van der Waals surface area contributed by atoms with Crippen LogP contribution >= 0.6 is 0 Å². The minimum absolute atomic E-state index is 0.00236. The smallest absolute Gasteiger partial charge is 0.255 e. The topological polar surface area (TPSA) is 45.5 Å². The average Bonchev–Trinajstić information content (AvgIpc) is 2.73. The van der Waals surface area contributed by atoms with E-state index in [9.17, 15) is 9.90 Å². The number of carbonyl (C=O) groups excluding carboxylic acids is 1. The van der Waals surface area contributed by atoms with Gasteiger partial charge in [0.1, 0.15) is 0 Å². The first kappa shape index (κ1) is 13.6. The van der Waals surface area contributed by atoms with Gasteiger partial charge in [0.2, 0.25) is 0 Å². The second kappa shape index (κ2) is 5.45. The molecular weight excluding hydrogens is 240 g/mol. The molecule has 1 amide bonds. The standard InChI is InChI=1S/C15H20N2O2/c1-11(18)8-9-16(2)15(19)13-10-17(3)14-7-5-4-6-12(13)14/h4-7,10-11,18H,8-9H2,1-3H3. The molecular formula is C15H20N2O2. The number of carbonyl (C=O) groups is 1. The molecule has 0 fully saturated rings. The Balaban J connectivity index is 2.26. The van der Waals surface area contributed by atoms with Crippen molar-refractivity contribution in [3.63, 3.8) is 0 Å². The van der Waals surface area contributed by atoms with Crippen LogP contribution < -0.4 is 0 Å². The van der Waals surface area contributed by atoms with Crippen LogP contribution in [-0.4, -0.2) is 40.2 Å². The van der Waals surface area contributed by atoms with Gasteiger partial charge >= 0.3 is 0 Å². The lowest BCUT2D eigenvalue weighted by molar-refractivity contribution is 0.0770. The van der Waals surface area contributed by atoms with Crippen molar-refractivity contribution in [3.8, 4) is 0 Å². The van der Waals surface area contributed by atoms with Crippen LogP contribution in [-0.2, 0) is 7.05 Å². The molecule has 2 aromatic rings. The molecule has 1 N–H and O–H groups in total. The zero-order chi connectivity index (χ0) is 14.0. The maximum absolute atomic E-state index is 12.4. The van der Waals surface area contributed by atoms with Crippen LogP contribution in [0.15, 0.2) is 30.5 Å². The van der Waals surface area contributed by atoms with Gasteiger partial charge in [-0.3, -0.25) is 4.79 Å². The summed E-state index contributed by atoms with van der Waals surface area (Å²) in [4.78, 5) is 14.1. The van der Waals surface area contributed by atoms with Crippen LogP contribution in [0.25, 0.3) is 10.9 Å². The van der Waals surface area contributed by atoms with E-state index in [-0.39, 0.29) is 12.0 Å². The largest absolute Gasteiger partial charge is 0.393 e. The Labute approximate surface area is 113 Å². The number of benzene rings is 1. The Morgan fingerprint density at radius 2 is 2.11 bits per heavy atom. The summed E-state index contributed by atoms with van der Waals surface area (Å²) >= 11 is 0. The van der Waals surface area contributed by atoms with Gasteiger partial charge in [-0.25, -0.2) is 0 Å². The van der Waals surface area contributed by atoms with E-state index in [0.29, 0.717) is 18.5 Å². The molecule has 1 aromatic heterocycles. The summed E-state index contributed by atoms with van der Waals surface area (Å²) in [5.41, 5.74) is 1.76. The predicted molar refractivity (Wildman–Crippen MR) is 76.2 cm³/mol. The van der Waals surface area contributed by atoms with Crippen LogP contribution in [0.1, 0.15) is 23.7 Å². The second-order valence-corrected chi connectivity index (χ2v) is 5.04. The van der Waals surface area contributed by atoms with Gasteiger partial charge in [-0.15, -0.1) is 0 Å². The van der Waals surface area contributed by atoms with E-state index in [4.69, 9.17) is 0 Å². The molecule has 1 aromatic carbocycles. The Kier molecular flexibility index (Phi) is 3.90. The molecule has 4 heteroatoms. The maximum Gasteiger partial charge on any atom is 0.255 e. The normalized spacial score (nSPS) is 12.6. The summed E-state index contributed by atoms with van der Waals surface area (Å²) in [7, 11) is 3.71. The minimum Gasteiger partial charge on any atom is -0.393 e. The van der Waals surface area contributed by atoms with Crippen LogP contribution in [0.3, 0.4) is 0 Å². The highest BCUT2D eigenvalue weighted by molar-refractivity contribution is 6.06. The SMILES string of the molecule is CC(O)CCN(C)C(=O)c1cn(C)c2ccccc12. The maximum atomic E-state index is 12.4. The van der Waals surface area contributed by atoms with E-state index in [1.807, 2.05) is 42.1 Å². The number of aliphatic hydroxyl groups excluding tert-OH is 1. The molecule has 0 saturated carbocycles. The molecule has 19 heavy (non-hydrogen) atoms. The van der Waals surface area contributed by atoms with E-state index < -0.39 is 0 Å². The van der Waals surface area contributed by atoms with Crippen molar-refractivity contribution in [3.05, 3.63) is 36.0 Å². The Bertz CT molecular complexity index is 587. The molecule has 0 aliphatic carbocycles. The summed E-state index contributed by atoms with van der Waals surface area (Å²) in [6, 6.07) is 7.87. The van der Waals surface area contributed by atoms with Gasteiger partial charge < -0.3 is 14.6 Å². The number of nitrogens with zero attached hydrogens (tertiary/aromatic N) is 2. The highest BCUT2D eigenvalue weighted by Crippen LogP contribution is 2.21. The summed E-state index contributed by atoms with van der Waals surface area (Å²) in [5.74, 6) is -0.00236. The molecule has 0 spiro atoms. The fraction of sp³-hybridized carbons (Fsp3) is 0.400. The molecule has 1 heterocycles. The lowest BCUT2D eigenvalue weighted by Crippen LogP contribution is -2.29. The Morgan fingerprint density at radius 1 is 1.42 bits per heavy atom. The molecule has 0 bridgehead atoms. The number of rotatable bonds is 4. The molecule has 1 atom stereocenters. The number of aryl methyl sites for hydroxylation is 1. The summed E-state index contributed by atoms with van der Waals surface area (Å²) < 4.78 is 1.96. The van der Waals surface area contributed by atoms with Crippen LogP contribution in [0.2, 0.25) is 0 Å². The monoisotopic (exact) mass is 260 g/mol. The fourth-order valence-corrected chi connectivity index (χ4v) is 2.20. The lowest BCUT2D eigenvalue weighted by atomic mass is 10.1. The summed E-state index contributed by atoms with van der Waals surface area (Å²) in [5, 5.41) is 10.3. The second-order valence-electron chi connectivity index (χ2n) is 5.04. The van der Waals surface area contributed by atoms with Crippen molar-refractivity contribution in [1.82, 2.24) is 9.47 Å². The number of fused-ring (bicyclic) bond motifs is 1. The van der Waals surface area contributed by atoms with Gasteiger partial charge in [-0.1, -0.05) is 18.2 Å². The van der Waals surface area contributed by atoms with Crippen molar-refractivity contribution in [2.45, 2.75) is 19.4 Å². The number of hydrogen-bond donors (Lipinski definition) is 1. The molecule has 4 nitrogen and oxygen atoms in total. The van der Waals surface area contributed by atoms with Crippen molar-refractivity contribution in [2.24, 2.45) is 7.05 Å². The summed E-state index contributed by atoms with van der Waals surface area (Å²) in [6.07, 6.45) is 2.07. The minimum atomic E-state index is -0.386. The molecule has 0 radical (unpaired) electrons. The number of para-hydroxylation sites is 1. The Morgan fingerprint density at radius 3 is 2.79 bits per heavy atom. The summed E-state index contributed by atoms with van der Waals surface area (Å²) in [6.45, 7) is 2.29. The van der Waals surface area contributed by atoms with Gasteiger partial charge in [0, 0.05) is 37.7 Å². The van der Waals surface area contributed by atoms with E-state index in [1.54, 1.807) is 18.9 Å². The van der Waals surface area contributed by atoms with Crippen molar-refractivity contribution < 1.29 is 9.90 Å². The number of amides is 1. The van der Waals surface area contributed by atoms with Crippen LogP contribution in [0, 0.1) is 0 Å². The number of hydrogen-bond acceptors (Lipinski definition) is 2. The third-order valence-electron chi connectivity index (χ3n) is 3.36. The van der Waals surface area contributed by atoms with Crippen molar-refractivity contribution in [1.29, 1.82) is 0 Å². The molecule has 1 unspecified atom stereocenters. The molecule has 0 saturated heterocycles. The highest BCUT2D eigenvalue weighted by Gasteiger charge is 2.17. The van der Waals surface area contributed by atoms with E-state index in [2.05, 4.69) is 0 Å². The van der Waals surface area contributed by atoms with E-state index >= 15 is 0 Å². The van der Waals surface area contributed by atoms with Gasteiger partial charge in [-0.05, 0) is 19.4 Å². The fourth-order valence-electron chi connectivity index (χ4n) is 2.20. The number of aliphatic hydroxyl groups is 1. The third kappa shape index (κ3) is 2.79. The highest BCUT2D eigenvalue weighted by atomic mass is 16.3. The third-order valence-corrected chi connectivity index (χ3v) is 3.36. The van der Waals surface area contributed by atoms with Gasteiger partial charge in [0.05, 0.1) is 11.7 Å². The first-order valence-corrected chi connectivity index (χ1v) is 6.48.